The first kappa shape index (κ1) is 16.8. The summed E-state index contributed by atoms with van der Waals surface area (Å²) >= 11 is 13.8. The van der Waals surface area contributed by atoms with Crippen LogP contribution in [0.4, 0.5) is 5.69 Å². The SMILES string of the molecule is Cc1ccc2c(c1)-c1c(sn(-c3ccc(Cl)cc3C)c1=S)C(C)(C)N2. The van der Waals surface area contributed by atoms with Crippen molar-refractivity contribution in [1.29, 1.82) is 0 Å². The fourth-order valence-electron chi connectivity index (χ4n) is 3.41. The van der Waals surface area contributed by atoms with Gasteiger partial charge in [-0.25, -0.2) is 0 Å². The first-order chi connectivity index (χ1) is 11.8. The molecular weight excluding hydrogens is 368 g/mol. The van der Waals surface area contributed by atoms with E-state index in [1.165, 1.54) is 21.6 Å². The zero-order valence-electron chi connectivity index (χ0n) is 14.6. The summed E-state index contributed by atoms with van der Waals surface area (Å²) in [5.74, 6) is 0. The van der Waals surface area contributed by atoms with Crippen LogP contribution >= 0.6 is 35.4 Å². The molecule has 0 spiro atoms. The highest BCUT2D eigenvalue weighted by molar-refractivity contribution is 7.71. The average molecular weight is 387 g/mol. The van der Waals surface area contributed by atoms with Crippen molar-refractivity contribution in [3.8, 4) is 16.8 Å². The van der Waals surface area contributed by atoms with E-state index in [9.17, 15) is 0 Å². The summed E-state index contributed by atoms with van der Waals surface area (Å²) in [5.41, 5.74) is 6.81. The van der Waals surface area contributed by atoms with Gasteiger partial charge in [-0.2, -0.15) is 0 Å². The molecule has 25 heavy (non-hydrogen) atoms. The number of hydrogen-bond acceptors (Lipinski definition) is 3. The topological polar surface area (TPSA) is 17.0 Å². The molecule has 4 rings (SSSR count). The standard InChI is InChI=1S/C20H19ClN2S2/c1-11-5-7-15-14(9-11)17-18(20(3,4)22-15)25-23(19(17)24)16-8-6-13(21)10-12(16)2/h5-10,22H,1-4H3. The molecule has 0 fully saturated rings. The third kappa shape index (κ3) is 2.64. The molecule has 0 radical (unpaired) electrons. The Hall–Kier alpha value is -1.62. The lowest BCUT2D eigenvalue weighted by Gasteiger charge is -2.33. The van der Waals surface area contributed by atoms with Gasteiger partial charge in [0.2, 0.25) is 0 Å². The Morgan fingerprint density at radius 2 is 1.88 bits per heavy atom. The molecule has 0 bridgehead atoms. The van der Waals surface area contributed by atoms with Crippen LogP contribution in [-0.2, 0) is 5.54 Å². The van der Waals surface area contributed by atoms with E-state index in [0.717, 1.165) is 26.6 Å². The Morgan fingerprint density at radius 1 is 1.12 bits per heavy atom. The van der Waals surface area contributed by atoms with Crippen molar-refractivity contribution in [1.82, 2.24) is 3.96 Å². The number of nitrogens with zero attached hydrogens (tertiary/aromatic N) is 1. The minimum absolute atomic E-state index is 0.165. The summed E-state index contributed by atoms with van der Waals surface area (Å²) in [7, 11) is 0. The van der Waals surface area contributed by atoms with Crippen molar-refractivity contribution in [2.45, 2.75) is 33.2 Å². The van der Waals surface area contributed by atoms with Gasteiger partial charge in [0, 0.05) is 21.8 Å². The number of hydrogen-bond donors (Lipinski definition) is 1. The van der Waals surface area contributed by atoms with E-state index < -0.39 is 0 Å². The fourth-order valence-corrected chi connectivity index (χ4v) is 5.36. The molecular formula is C20H19ClN2S2. The molecule has 2 nitrogen and oxygen atoms in total. The number of aromatic nitrogens is 1. The maximum absolute atomic E-state index is 6.13. The van der Waals surface area contributed by atoms with E-state index in [2.05, 4.69) is 55.2 Å². The van der Waals surface area contributed by atoms with E-state index >= 15 is 0 Å². The Labute approximate surface area is 162 Å². The summed E-state index contributed by atoms with van der Waals surface area (Å²) in [6, 6.07) is 12.5. The molecule has 0 saturated carbocycles. The second kappa shape index (κ2) is 5.70. The zero-order valence-corrected chi connectivity index (χ0v) is 17.0. The van der Waals surface area contributed by atoms with Crippen molar-refractivity contribution in [2.24, 2.45) is 0 Å². The molecule has 1 N–H and O–H groups in total. The molecule has 2 aromatic carbocycles. The van der Waals surface area contributed by atoms with Crippen LogP contribution in [0.2, 0.25) is 5.02 Å². The molecule has 3 aromatic rings. The largest absolute Gasteiger partial charge is 0.375 e. The highest BCUT2D eigenvalue weighted by Crippen LogP contribution is 2.47. The van der Waals surface area contributed by atoms with E-state index in [-0.39, 0.29) is 5.54 Å². The molecule has 0 aliphatic carbocycles. The molecule has 5 heteroatoms. The van der Waals surface area contributed by atoms with Crippen molar-refractivity contribution in [3.05, 3.63) is 62.1 Å². The lowest BCUT2D eigenvalue weighted by Crippen LogP contribution is -2.30. The normalized spacial score (nSPS) is 14.6. The Bertz CT molecular complexity index is 1060. The predicted octanol–water partition coefficient (Wildman–Crippen LogP) is 6.87. The molecule has 1 aliphatic rings. The second-order valence-electron chi connectivity index (χ2n) is 7.12. The van der Waals surface area contributed by atoms with Gasteiger partial charge in [0.05, 0.1) is 16.1 Å². The molecule has 0 amide bonds. The first-order valence-corrected chi connectivity index (χ1v) is 9.76. The fraction of sp³-hybridized carbons (Fsp3) is 0.250. The number of nitrogens with one attached hydrogen (secondary N) is 1. The second-order valence-corrected chi connectivity index (χ2v) is 8.90. The summed E-state index contributed by atoms with van der Waals surface area (Å²) in [6.45, 7) is 8.60. The van der Waals surface area contributed by atoms with Gasteiger partial charge in [-0.05, 0) is 63.6 Å². The van der Waals surface area contributed by atoms with Gasteiger partial charge < -0.3 is 5.32 Å². The van der Waals surface area contributed by atoms with Crippen LogP contribution in [0.25, 0.3) is 16.8 Å². The average Bonchev–Trinajstić information content (AvgIpc) is 2.87. The quantitative estimate of drug-likeness (QED) is 0.459. The van der Waals surface area contributed by atoms with Gasteiger partial charge in [0.1, 0.15) is 4.64 Å². The molecule has 2 heterocycles. The summed E-state index contributed by atoms with van der Waals surface area (Å²) in [6.07, 6.45) is 0. The smallest absolute Gasteiger partial charge is 0.129 e. The van der Waals surface area contributed by atoms with Crippen LogP contribution in [0.5, 0.6) is 0 Å². The van der Waals surface area contributed by atoms with Crippen LogP contribution in [0.3, 0.4) is 0 Å². The van der Waals surface area contributed by atoms with Crippen LogP contribution in [0, 0.1) is 18.5 Å². The monoisotopic (exact) mass is 386 g/mol. The highest BCUT2D eigenvalue weighted by atomic mass is 35.5. The van der Waals surface area contributed by atoms with Crippen LogP contribution in [0.15, 0.2) is 36.4 Å². The van der Waals surface area contributed by atoms with E-state index in [0.29, 0.717) is 0 Å². The summed E-state index contributed by atoms with van der Waals surface area (Å²) in [4.78, 5) is 1.27. The highest BCUT2D eigenvalue weighted by Gasteiger charge is 2.34. The number of benzene rings is 2. The van der Waals surface area contributed by atoms with Crippen LogP contribution < -0.4 is 5.32 Å². The van der Waals surface area contributed by atoms with Crippen molar-refractivity contribution >= 4 is 41.0 Å². The van der Waals surface area contributed by atoms with Gasteiger partial charge in [-0.1, -0.05) is 47.0 Å². The maximum Gasteiger partial charge on any atom is 0.129 e. The maximum atomic E-state index is 6.13. The first-order valence-electron chi connectivity index (χ1n) is 8.20. The zero-order chi connectivity index (χ0) is 17.9. The third-order valence-electron chi connectivity index (χ3n) is 4.64. The number of halogens is 1. The lowest BCUT2D eigenvalue weighted by atomic mass is 9.89. The Balaban J connectivity index is 2.04. The Morgan fingerprint density at radius 3 is 2.60 bits per heavy atom. The predicted molar refractivity (Wildman–Crippen MR) is 111 cm³/mol. The minimum Gasteiger partial charge on any atom is -0.375 e. The van der Waals surface area contributed by atoms with Crippen molar-refractivity contribution in [3.63, 3.8) is 0 Å². The summed E-state index contributed by atoms with van der Waals surface area (Å²) in [5, 5.41) is 4.41. The van der Waals surface area contributed by atoms with E-state index in [1.54, 1.807) is 11.5 Å². The number of fused-ring (bicyclic) bond motifs is 3. The van der Waals surface area contributed by atoms with Gasteiger partial charge in [-0.15, -0.1) is 0 Å². The molecule has 0 unspecified atom stereocenters. The number of anilines is 1. The summed E-state index contributed by atoms with van der Waals surface area (Å²) < 4.78 is 3.03. The molecule has 0 atom stereocenters. The van der Waals surface area contributed by atoms with Gasteiger partial charge in [0.25, 0.3) is 0 Å². The molecule has 1 aromatic heterocycles. The minimum atomic E-state index is -0.165. The Kier molecular flexibility index (Phi) is 3.83. The van der Waals surface area contributed by atoms with Crippen LogP contribution in [-0.4, -0.2) is 3.96 Å². The van der Waals surface area contributed by atoms with Crippen molar-refractivity contribution in [2.75, 3.05) is 5.32 Å². The van der Waals surface area contributed by atoms with E-state index in [4.69, 9.17) is 23.8 Å². The molecule has 128 valence electrons. The van der Waals surface area contributed by atoms with Gasteiger partial charge >= 0.3 is 0 Å². The van der Waals surface area contributed by atoms with Gasteiger partial charge in [-0.3, -0.25) is 3.96 Å². The third-order valence-corrected chi connectivity index (χ3v) is 6.84. The van der Waals surface area contributed by atoms with Gasteiger partial charge in [0.15, 0.2) is 0 Å². The number of rotatable bonds is 1. The number of aryl methyl sites for hydroxylation is 2. The van der Waals surface area contributed by atoms with Crippen molar-refractivity contribution < 1.29 is 0 Å². The molecule has 1 aliphatic heterocycles. The van der Waals surface area contributed by atoms with Crippen LogP contribution in [0.1, 0.15) is 29.9 Å². The molecule has 0 saturated heterocycles. The lowest BCUT2D eigenvalue weighted by molar-refractivity contribution is 0.620. The van der Waals surface area contributed by atoms with E-state index in [1.807, 2.05) is 18.2 Å².